The van der Waals surface area contributed by atoms with E-state index in [0.29, 0.717) is 29.8 Å². The standard InChI is InChI=1S/C17H22N2O/c1-11-7-13-9-18-10-16(13)19(11)17(20)15-8-14(15)12-5-3-2-4-6-12/h2-6,11,13-16,18H,7-10H2,1H3. The molecular formula is C17H22N2O. The van der Waals surface area contributed by atoms with E-state index in [4.69, 9.17) is 0 Å². The summed E-state index contributed by atoms with van der Waals surface area (Å²) in [5.74, 6) is 1.79. The second-order valence-corrected chi connectivity index (χ2v) is 6.68. The highest BCUT2D eigenvalue weighted by atomic mass is 16.2. The van der Waals surface area contributed by atoms with Crippen molar-refractivity contribution in [3.05, 3.63) is 35.9 Å². The summed E-state index contributed by atoms with van der Waals surface area (Å²) in [6, 6.07) is 11.4. The van der Waals surface area contributed by atoms with E-state index in [9.17, 15) is 4.79 Å². The lowest BCUT2D eigenvalue weighted by molar-refractivity contribution is -0.135. The number of amides is 1. The average molecular weight is 270 g/mol. The van der Waals surface area contributed by atoms with Crippen molar-refractivity contribution < 1.29 is 4.79 Å². The molecule has 2 aliphatic heterocycles. The molecule has 0 bridgehead atoms. The van der Waals surface area contributed by atoms with Gasteiger partial charge >= 0.3 is 0 Å². The van der Waals surface area contributed by atoms with Gasteiger partial charge in [-0.2, -0.15) is 0 Å². The second kappa shape index (κ2) is 4.59. The maximum Gasteiger partial charge on any atom is 0.226 e. The molecule has 3 heteroatoms. The van der Waals surface area contributed by atoms with Crippen LogP contribution in [0.5, 0.6) is 0 Å². The maximum absolute atomic E-state index is 12.8. The molecule has 1 N–H and O–H groups in total. The molecule has 106 valence electrons. The van der Waals surface area contributed by atoms with Crippen molar-refractivity contribution in [3.63, 3.8) is 0 Å². The fourth-order valence-corrected chi connectivity index (χ4v) is 4.27. The molecule has 0 radical (unpaired) electrons. The topological polar surface area (TPSA) is 32.3 Å². The van der Waals surface area contributed by atoms with Gasteiger partial charge < -0.3 is 10.2 Å². The van der Waals surface area contributed by atoms with Gasteiger partial charge in [-0.25, -0.2) is 0 Å². The molecule has 2 saturated heterocycles. The summed E-state index contributed by atoms with van der Waals surface area (Å²) in [5, 5.41) is 3.44. The lowest BCUT2D eigenvalue weighted by Gasteiger charge is -2.28. The number of hydrogen-bond acceptors (Lipinski definition) is 2. The van der Waals surface area contributed by atoms with Crippen molar-refractivity contribution in [2.24, 2.45) is 11.8 Å². The van der Waals surface area contributed by atoms with Gasteiger partial charge in [-0.15, -0.1) is 0 Å². The van der Waals surface area contributed by atoms with Crippen LogP contribution in [0.4, 0.5) is 0 Å². The smallest absolute Gasteiger partial charge is 0.226 e. The van der Waals surface area contributed by atoms with Crippen molar-refractivity contribution in [2.45, 2.75) is 37.8 Å². The fourth-order valence-electron chi connectivity index (χ4n) is 4.27. The normalized spacial score (nSPS) is 38.9. The molecule has 5 atom stereocenters. The van der Waals surface area contributed by atoms with Crippen LogP contribution >= 0.6 is 0 Å². The number of rotatable bonds is 2. The van der Waals surface area contributed by atoms with Crippen molar-refractivity contribution in [2.75, 3.05) is 13.1 Å². The van der Waals surface area contributed by atoms with Crippen LogP contribution in [0, 0.1) is 11.8 Å². The van der Waals surface area contributed by atoms with Crippen LogP contribution in [0.1, 0.15) is 31.2 Å². The van der Waals surface area contributed by atoms with Crippen LogP contribution in [0.25, 0.3) is 0 Å². The number of hydrogen-bond donors (Lipinski definition) is 1. The van der Waals surface area contributed by atoms with Gasteiger partial charge in [-0.3, -0.25) is 4.79 Å². The Morgan fingerprint density at radius 1 is 1.20 bits per heavy atom. The SMILES string of the molecule is CC1CC2CNCC2N1C(=O)C1CC1c1ccccc1. The lowest BCUT2D eigenvalue weighted by Crippen LogP contribution is -2.43. The number of carbonyl (C=O) groups excluding carboxylic acids is 1. The van der Waals surface area contributed by atoms with Crippen LogP contribution in [0.15, 0.2) is 30.3 Å². The highest BCUT2D eigenvalue weighted by Crippen LogP contribution is 2.50. The number of nitrogens with zero attached hydrogens (tertiary/aromatic N) is 1. The van der Waals surface area contributed by atoms with E-state index in [1.165, 1.54) is 12.0 Å². The summed E-state index contributed by atoms with van der Waals surface area (Å²) >= 11 is 0. The fraction of sp³-hybridized carbons (Fsp3) is 0.588. The Labute approximate surface area is 120 Å². The Morgan fingerprint density at radius 3 is 2.80 bits per heavy atom. The summed E-state index contributed by atoms with van der Waals surface area (Å²) in [5.41, 5.74) is 1.33. The van der Waals surface area contributed by atoms with Crippen LogP contribution in [-0.4, -0.2) is 36.0 Å². The minimum Gasteiger partial charge on any atom is -0.335 e. The predicted octanol–water partition coefficient (Wildman–Crippen LogP) is 2.00. The quantitative estimate of drug-likeness (QED) is 0.891. The zero-order valence-corrected chi connectivity index (χ0v) is 12.0. The highest BCUT2D eigenvalue weighted by Gasteiger charge is 2.51. The summed E-state index contributed by atoms with van der Waals surface area (Å²) < 4.78 is 0. The first-order valence-corrected chi connectivity index (χ1v) is 7.83. The van der Waals surface area contributed by atoms with Gasteiger partial charge in [-0.05, 0) is 37.2 Å². The van der Waals surface area contributed by atoms with E-state index < -0.39 is 0 Å². The molecule has 5 unspecified atom stereocenters. The Hall–Kier alpha value is -1.35. The molecule has 0 aromatic heterocycles. The van der Waals surface area contributed by atoms with E-state index >= 15 is 0 Å². The molecule has 4 rings (SSSR count). The number of nitrogens with one attached hydrogen (secondary N) is 1. The first-order valence-electron chi connectivity index (χ1n) is 7.83. The van der Waals surface area contributed by atoms with Crippen LogP contribution in [-0.2, 0) is 4.79 Å². The molecule has 2 heterocycles. The van der Waals surface area contributed by atoms with E-state index in [2.05, 4.69) is 41.4 Å². The zero-order chi connectivity index (χ0) is 13.7. The minimum absolute atomic E-state index is 0.235. The molecule has 1 saturated carbocycles. The Bertz CT molecular complexity index is 515. The molecule has 1 aromatic rings. The maximum atomic E-state index is 12.8. The Kier molecular flexibility index (Phi) is 2.84. The zero-order valence-electron chi connectivity index (χ0n) is 12.0. The summed E-state index contributed by atoms with van der Waals surface area (Å²) in [6.45, 7) is 4.30. The minimum atomic E-state index is 0.235. The molecule has 0 spiro atoms. The predicted molar refractivity (Wildman–Crippen MR) is 78.4 cm³/mol. The summed E-state index contributed by atoms with van der Waals surface area (Å²) in [6.07, 6.45) is 2.21. The Morgan fingerprint density at radius 2 is 2.00 bits per heavy atom. The largest absolute Gasteiger partial charge is 0.335 e. The van der Waals surface area contributed by atoms with Gasteiger partial charge in [0.2, 0.25) is 5.91 Å². The van der Waals surface area contributed by atoms with E-state index in [1.807, 2.05) is 6.07 Å². The number of fused-ring (bicyclic) bond motifs is 1. The summed E-state index contributed by atoms with van der Waals surface area (Å²) in [7, 11) is 0. The van der Waals surface area contributed by atoms with E-state index in [0.717, 1.165) is 19.5 Å². The highest BCUT2D eigenvalue weighted by molar-refractivity contribution is 5.84. The van der Waals surface area contributed by atoms with E-state index in [1.54, 1.807) is 0 Å². The molecule has 3 fully saturated rings. The molecular weight excluding hydrogens is 248 g/mol. The second-order valence-electron chi connectivity index (χ2n) is 6.68. The molecule has 20 heavy (non-hydrogen) atoms. The molecule has 3 nitrogen and oxygen atoms in total. The Balaban J connectivity index is 1.49. The van der Waals surface area contributed by atoms with Gasteiger partial charge in [-0.1, -0.05) is 30.3 Å². The van der Waals surface area contributed by atoms with Gasteiger partial charge in [0.1, 0.15) is 0 Å². The van der Waals surface area contributed by atoms with Gasteiger partial charge in [0.15, 0.2) is 0 Å². The van der Waals surface area contributed by atoms with E-state index in [-0.39, 0.29) is 5.92 Å². The number of carbonyl (C=O) groups is 1. The molecule has 3 aliphatic rings. The van der Waals surface area contributed by atoms with Gasteiger partial charge in [0.25, 0.3) is 0 Å². The third kappa shape index (κ3) is 1.87. The number of likely N-dealkylation sites (tertiary alicyclic amines) is 1. The summed E-state index contributed by atoms with van der Waals surface area (Å²) in [4.78, 5) is 15.0. The lowest BCUT2D eigenvalue weighted by atomic mass is 10.0. The van der Waals surface area contributed by atoms with Crippen LogP contribution in [0.2, 0.25) is 0 Å². The molecule has 1 aromatic carbocycles. The van der Waals surface area contributed by atoms with Crippen LogP contribution in [0.3, 0.4) is 0 Å². The third-order valence-electron chi connectivity index (χ3n) is 5.37. The number of benzene rings is 1. The van der Waals surface area contributed by atoms with Crippen molar-refractivity contribution >= 4 is 5.91 Å². The molecule has 1 amide bonds. The van der Waals surface area contributed by atoms with Crippen molar-refractivity contribution in [1.82, 2.24) is 10.2 Å². The van der Waals surface area contributed by atoms with Gasteiger partial charge in [0, 0.05) is 31.1 Å². The third-order valence-corrected chi connectivity index (χ3v) is 5.37. The van der Waals surface area contributed by atoms with Gasteiger partial charge in [0.05, 0.1) is 0 Å². The van der Waals surface area contributed by atoms with Crippen molar-refractivity contribution in [1.29, 1.82) is 0 Å². The van der Waals surface area contributed by atoms with Crippen LogP contribution < -0.4 is 5.32 Å². The monoisotopic (exact) mass is 270 g/mol. The average Bonchev–Trinajstić information content (AvgIpc) is 3.05. The first kappa shape index (κ1) is 12.4. The van der Waals surface area contributed by atoms with Crippen molar-refractivity contribution in [3.8, 4) is 0 Å². The molecule has 1 aliphatic carbocycles. The first-order chi connectivity index (χ1) is 9.75.